The zero-order valence-electron chi connectivity index (χ0n) is 12.9. The van der Waals surface area contributed by atoms with E-state index in [1.54, 1.807) is 18.2 Å². The van der Waals surface area contributed by atoms with Crippen LogP contribution in [-0.4, -0.2) is 24.8 Å². The van der Waals surface area contributed by atoms with Crippen molar-refractivity contribution in [3.05, 3.63) is 28.8 Å². The maximum Gasteiger partial charge on any atom is 0.220 e. The van der Waals surface area contributed by atoms with E-state index in [0.717, 1.165) is 12.8 Å². The van der Waals surface area contributed by atoms with Gasteiger partial charge in [-0.3, -0.25) is 9.59 Å². The summed E-state index contributed by atoms with van der Waals surface area (Å²) in [4.78, 5) is 24.2. The molecule has 120 valence electrons. The number of benzene rings is 1. The van der Waals surface area contributed by atoms with Crippen molar-refractivity contribution < 1.29 is 14.3 Å². The number of Topliss-reactive ketones (excluding diaryl/α,β-unsaturated/α-hetero) is 1. The molecule has 1 aliphatic carbocycles. The molecule has 0 spiro atoms. The lowest BCUT2D eigenvalue weighted by atomic mass is 9.95. The van der Waals surface area contributed by atoms with E-state index in [-0.39, 0.29) is 30.6 Å². The average Bonchev–Trinajstić information content (AvgIpc) is 2.53. The second-order valence-corrected chi connectivity index (χ2v) is 6.11. The molecule has 2 rings (SSSR count). The molecule has 22 heavy (non-hydrogen) atoms. The van der Waals surface area contributed by atoms with Crippen LogP contribution >= 0.6 is 11.6 Å². The van der Waals surface area contributed by atoms with Gasteiger partial charge >= 0.3 is 0 Å². The summed E-state index contributed by atoms with van der Waals surface area (Å²) in [6.45, 7) is 0. The fourth-order valence-electron chi connectivity index (χ4n) is 2.81. The SMILES string of the molecule is COc1ccc(Cl)cc1C(=O)CCC(=O)NC1CCCCC1. The first-order chi connectivity index (χ1) is 10.6. The van der Waals surface area contributed by atoms with Crippen molar-refractivity contribution in [2.75, 3.05) is 7.11 Å². The van der Waals surface area contributed by atoms with Gasteiger partial charge in [0.05, 0.1) is 12.7 Å². The number of methoxy groups -OCH3 is 1. The second-order valence-electron chi connectivity index (χ2n) is 5.67. The Kier molecular flexibility index (Phi) is 6.25. The quantitative estimate of drug-likeness (QED) is 0.811. The van der Waals surface area contributed by atoms with E-state index in [2.05, 4.69) is 5.32 Å². The third kappa shape index (κ3) is 4.73. The molecule has 5 heteroatoms. The summed E-state index contributed by atoms with van der Waals surface area (Å²) in [5.74, 6) is 0.307. The number of carbonyl (C=O) groups excluding carboxylic acids is 2. The number of amides is 1. The normalized spacial score (nSPS) is 15.4. The summed E-state index contributed by atoms with van der Waals surface area (Å²) in [6, 6.07) is 5.20. The molecule has 0 aromatic heterocycles. The number of nitrogens with one attached hydrogen (secondary N) is 1. The Balaban J connectivity index is 1.86. The summed E-state index contributed by atoms with van der Waals surface area (Å²) in [5, 5.41) is 3.50. The minimum absolute atomic E-state index is 0.0544. The molecule has 0 atom stereocenters. The van der Waals surface area contributed by atoms with Crippen LogP contribution in [0.3, 0.4) is 0 Å². The molecule has 0 bridgehead atoms. The maximum absolute atomic E-state index is 12.3. The van der Waals surface area contributed by atoms with Crippen molar-refractivity contribution in [3.63, 3.8) is 0 Å². The minimum Gasteiger partial charge on any atom is -0.496 e. The van der Waals surface area contributed by atoms with Crippen molar-refractivity contribution >= 4 is 23.3 Å². The van der Waals surface area contributed by atoms with Crippen LogP contribution in [0.25, 0.3) is 0 Å². The Bertz CT molecular complexity index is 539. The van der Waals surface area contributed by atoms with E-state index in [1.807, 2.05) is 0 Å². The standard InChI is InChI=1S/C17H22ClNO3/c1-22-16-9-7-12(18)11-14(16)15(20)8-10-17(21)19-13-5-3-2-4-6-13/h7,9,11,13H,2-6,8,10H2,1H3,(H,19,21). The zero-order chi connectivity index (χ0) is 15.9. The molecule has 1 aliphatic rings. The summed E-state index contributed by atoms with van der Waals surface area (Å²) in [6.07, 6.45) is 6.04. The molecule has 0 aliphatic heterocycles. The van der Waals surface area contributed by atoms with Crippen LogP contribution in [0.1, 0.15) is 55.3 Å². The van der Waals surface area contributed by atoms with Gasteiger partial charge in [-0.2, -0.15) is 0 Å². The first-order valence-electron chi connectivity index (χ1n) is 7.76. The lowest BCUT2D eigenvalue weighted by molar-refractivity contribution is -0.121. The topological polar surface area (TPSA) is 55.4 Å². The molecule has 0 saturated heterocycles. The van der Waals surface area contributed by atoms with Crippen molar-refractivity contribution in [1.82, 2.24) is 5.32 Å². The summed E-state index contributed by atoms with van der Waals surface area (Å²) in [7, 11) is 1.51. The number of ether oxygens (including phenoxy) is 1. The third-order valence-electron chi connectivity index (χ3n) is 4.01. The fourth-order valence-corrected chi connectivity index (χ4v) is 2.98. The van der Waals surface area contributed by atoms with Crippen molar-refractivity contribution in [2.45, 2.75) is 51.0 Å². The van der Waals surface area contributed by atoms with Gasteiger partial charge in [-0.15, -0.1) is 0 Å². The van der Waals surface area contributed by atoms with Crippen molar-refractivity contribution in [3.8, 4) is 5.75 Å². The highest BCUT2D eigenvalue weighted by Crippen LogP contribution is 2.24. The smallest absolute Gasteiger partial charge is 0.220 e. The molecule has 0 heterocycles. The minimum atomic E-state index is -0.127. The summed E-state index contributed by atoms with van der Waals surface area (Å²) >= 11 is 5.92. The number of hydrogen-bond donors (Lipinski definition) is 1. The van der Waals surface area contributed by atoms with Crippen LogP contribution in [0.4, 0.5) is 0 Å². The Morgan fingerprint density at radius 2 is 1.95 bits per heavy atom. The predicted octanol–water partition coefficient (Wildman–Crippen LogP) is 3.76. The van der Waals surface area contributed by atoms with E-state index in [0.29, 0.717) is 16.3 Å². The van der Waals surface area contributed by atoms with Gasteiger partial charge in [0.2, 0.25) is 5.91 Å². The number of halogens is 1. The molecule has 1 amide bonds. The lowest BCUT2D eigenvalue weighted by Gasteiger charge is -2.22. The molecule has 1 N–H and O–H groups in total. The van der Waals surface area contributed by atoms with Crippen molar-refractivity contribution in [1.29, 1.82) is 0 Å². The highest BCUT2D eigenvalue weighted by atomic mass is 35.5. The predicted molar refractivity (Wildman–Crippen MR) is 86.6 cm³/mol. The zero-order valence-corrected chi connectivity index (χ0v) is 13.6. The van der Waals surface area contributed by atoms with Gasteiger partial charge in [0, 0.05) is 23.9 Å². The van der Waals surface area contributed by atoms with Crippen LogP contribution < -0.4 is 10.1 Å². The van der Waals surface area contributed by atoms with Crippen molar-refractivity contribution in [2.24, 2.45) is 0 Å². The van der Waals surface area contributed by atoms with E-state index < -0.39 is 0 Å². The Labute approximate surface area is 136 Å². The molecule has 4 nitrogen and oxygen atoms in total. The summed E-state index contributed by atoms with van der Waals surface area (Å²) < 4.78 is 5.17. The molecule has 1 aromatic rings. The van der Waals surface area contributed by atoms with E-state index >= 15 is 0 Å². The van der Waals surface area contributed by atoms with Crippen LogP contribution in [0.2, 0.25) is 5.02 Å². The van der Waals surface area contributed by atoms with Gasteiger partial charge in [-0.1, -0.05) is 30.9 Å². The summed E-state index contributed by atoms with van der Waals surface area (Å²) in [5.41, 5.74) is 0.431. The van der Waals surface area contributed by atoms with Gasteiger partial charge < -0.3 is 10.1 Å². The van der Waals surface area contributed by atoms with Crippen LogP contribution in [-0.2, 0) is 4.79 Å². The molecule has 1 saturated carbocycles. The molecule has 1 fully saturated rings. The van der Waals surface area contributed by atoms with Gasteiger partial charge in [0.1, 0.15) is 5.75 Å². The lowest BCUT2D eigenvalue weighted by Crippen LogP contribution is -2.36. The first kappa shape index (κ1) is 16.8. The third-order valence-corrected chi connectivity index (χ3v) is 4.25. The van der Waals surface area contributed by atoms with E-state index in [1.165, 1.54) is 26.4 Å². The number of hydrogen-bond acceptors (Lipinski definition) is 3. The Morgan fingerprint density at radius 3 is 2.64 bits per heavy atom. The number of carbonyl (C=O) groups is 2. The van der Waals surface area contributed by atoms with Crippen LogP contribution in [0.5, 0.6) is 5.75 Å². The first-order valence-corrected chi connectivity index (χ1v) is 8.14. The molecule has 0 radical (unpaired) electrons. The highest BCUT2D eigenvalue weighted by molar-refractivity contribution is 6.31. The maximum atomic E-state index is 12.3. The largest absolute Gasteiger partial charge is 0.496 e. The van der Waals surface area contributed by atoms with E-state index in [9.17, 15) is 9.59 Å². The molecular weight excluding hydrogens is 302 g/mol. The monoisotopic (exact) mass is 323 g/mol. The average molecular weight is 324 g/mol. The molecular formula is C17H22ClNO3. The Hall–Kier alpha value is -1.55. The number of rotatable bonds is 6. The van der Waals surface area contributed by atoms with Gasteiger partial charge in [0.25, 0.3) is 0 Å². The highest BCUT2D eigenvalue weighted by Gasteiger charge is 2.18. The van der Waals surface area contributed by atoms with Crippen LogP contribution in [0, 0.1) is 0 Å². The van der Waals surface area contributed by atoms with E-state index in [4.69, 9.17) is 16.3 Å². The Morgan fingerprint density at radius 1 is 1.23 bits per heavy atom. The molecule has 0 unspecified atom stereocenters. The van der Waals surface area contributed by atoms with Gasteiger partial charge in [-0.25, -0.2) is 0 Å². The van der Waals surface area contributed by atoms with Gasteiger partial charge in [-0.05, 0) is 31.0 Å². The second kappa shape index (κ2) is 8.18. The van der Waals surface area contributed by atoms with Gasteiger partial charge in [0.15, 0.2) is 5.78 Å². The number of ketones is 1. The fraction of sp³-hybridized carbons (Fsp3) is 0.529. The molecule has 1 aromatic carbocycles. The van der Waals surface area contributed by atoms with Crippen LogP contribution in [0.15, 0.2) is 18.2 Å².